The lowest BCUT2D eigenvalue weighted by Gasteiger charge is -2.29. The Balaban J connectivity index is 0.000000167. The molecule has 4 heteroatoms. The van der Waals surface area contributed by atoms with Gasteiger partial charge in [0, 0.05) is 5.56 Å². The third kappa shape index (κ3) is 7.27. The molecule has 0 aliphatic carbocycles. The van der Waals surface area contributed by atoms with Gasteiger partial charge in [0.2, 0.25) is 0 Å². The molecule has 1 N–H and O–H groups in total. The third-order valence-electron chi connectivity index (χ3n) is 9.38. The van der Waals surface area contributed by atoms with Crippen molar-refractivity contribution in [2.75, 3.05) is 0 Å². The molecule has 0 amide bonds. The molecule has 8 aromatic carbocycles. The summed E-state index contributed by atoms with van der Waals surface area (Å²) in [5, 5.41) is 22.1. The quantitative estimate of drug-likeness (QED) is 0.141. The van der Waals surface area contributed by atoms with Crippen molar-refractivity contribution < 1.29 is 9.73 Å². The van der Waals surface area contributed by atoms with Crippen molar-refractivity contribution in [2.45, 2.75) is 39.8 Å². The summed E-state index contributed by atoms with van der Waals surface area (Å²) >= 11 is 0. The molecule has 8 aromatic rings. The first-order chi connectivity index (χ1) is 24.5. The van der Waals surface area contributed by atoms with Gasteiger partial charge in [0.15, 0.2) is 0 Å². The molecule has 0 radical (unpaired) electrons. The van der Waals surface area contributed by atoms with Gasteiger partial charge >= 0.3 is 0 Å². The lowest BCUT2D eigenvalue weighted by Crippen LogP contribution is -2.26. The number of benzene rings is 8. The van der Waals surface area contributed by atoms with Crippen LogP contribution in [0.1, 0.15) is 50.9 Å². The maximum absolute atomic E-state index is 10.9. The van der Waals surface area contributed by atoms with Crippen LogP contribution in [0.5, 0.6) is 5.75 Å². The van der Waals surface area contributed by atoms with Crippen molar-refractivity contribution in [1.82, 2.24) is 5.06 Å². The van der Waals surface area contributed by atoms with Crippen LogP contribution in [0.2, 0.25) is 0 Å². The van der Waals surface area contributed by atoms with Crippen LogP contribution in [0.3, 0.4) is 0 Å². The predicted molar refractivity (Wildman–Crippen MR) is 217 cm³/mol. The molecule has 0 aliphatic rings. The molecule has 3 atom stereocenters. The molecule has 8 rings (SSSR count). The standard InChI is InChI=1S/C24H23NO.C20H15OP.C2H6/c1-17(21-13-11-19-7-3-5-9-23(19)15-21)25(26)18(2)22-14-12-20-8-4-6-10-24(20)16-22;22-21-19-13-12-15-7-2-4-10-17(15)20(19)18-11-5-8-14-6-1-3-9-16(14)18;1-2/h3-18,26H,1-2H3;1-13H,22H2;1-2H3/t17-,18?;;/m1../s1. The molecular weight excluding hydrogens is 629 g/mol. The minimum Gasteiger partial charge on any atom is -0.480 e. The number of fused-ring (bicyclic) bond motifs is 4. The van der Waals surface area contributed by atoms with E-state index in [0.29, 0.717) is 0 Å². The zero-order valence-corrected chi connectivity index (χ0v) is 30.3. The Hall–Kier alpha value is -5.05. The minimum absolute atomic E-state index is 0.0962. The van der Waals surface area contributed by atoms with Gasteiger partial charge in [-0.2, -0.15) is 5.06 Å². The maximum atomic E-state index is 10.9. The zero-order valence-electron chi connectivity index (χ0n) is 29.1. The van der Waals surface area contributed by atoms with E-state index >= 15 is 0 Å². The lowest BCUT2D eigenvalue weighted by atomic mass is 9.93. The van der Waals surface area contributed by atoms with Gasteiger partial charge < -0.3 is 9.73 Å². The molecule has 3 nitrogen and oxygen atoms in total. The van der Waals surface area contributed by atoms with E-state index in [4.69, 9.17) is 4.52 Å². The molecule has 0 fully saturated rings. The summed E-state index contributed by atoms with van der Waals surface area (Å²) in [7, 11) is 2.37. The molecule has 0 aliphatic heterocycles. The van der Waals surface area contributed by atoms with Crippen molar-refractivity contribution >= 4 is 52.6 Å². The van der Waals surface area contributed by atoms with E-state index in [2.05, 4.69) is 143 Å². The van der Waals surface area contributed by atoms with Crippen molar-refractivity contribution in [3.8, 4) is 16.9 Å². The van der Waals surface area contributed by atoms with Gasteiger partial charge in [0.05, 0.1) is 21.6 Å². The second kappa shape index (κ2) is 16.1. The minimum atomic E-state index is -0.0962. The zero-order chi connectivity index (χ0) is 35.0. The SMILES string of the molecule is CC.CC(c1ccc2ccccc2c1)N(O)[C@H](C)c1ccc2ccccc2c1.POc1ccc2ccccc2c1-c1cccc2ccccc12. The fraction of sp³-hybridized carbons (Fsp3) is 0.130. The van der Waals surface area contributed by atoms with Gasteiger partial charge in [0.25, 0.3) is 0 Å². The van der Waals surface area contributed by atoms with Crippen LogP contribution in [-0.4, -0.2) is 10.3 Å². The van der Waals surface area contributed by atoms with E-state index < -0.39 is 0 Å². The number of hydrogen-bond acceptors (Lipinski definition) is 3. The van der Waals surface area contributed by atoms with Gasteiger partial charge in [-0.15, -0.1) is 0 Å². The summed E-state index contributed by atoms with van der Waals surface area (Å²) in [5.74, 6) is 0.875. The predicted octanol–water partition coefficient (Wildman–Crippen LogP) is 13.4. The highest BCUT2D eigenvalue weighted by molar-refractivity contribution is 7.10. The average Bonchev–Trinajstić information content (AvgIpc) is 3.20. The molecule has 2 unspecified atom stereocenters. The highest BCUT2D eigenvalue weighted by Crippen LogP contribution is 2.41. The van der Waals surface area contributed by atoms with E-state index in [9.17, 15) is 5.21 Å². The summed E-state index contributed by atoms with van der Waals surface area (Å²) in [5.41, 5.74) is 4.56. The topological polar surface area (TPSA) is 32.7 Å². The Kier molecular flexibility index (Phi) is 11.2. The van der Waals surface area contributed by atoms with Crippen molar-refractivity contribution in [3.05, 3.63) is 175 Å². The Morgan fingerprint density at radius 3 is 1.44 bits per heavy atom. The van der Waals surface area contributed by atoms with Crippen LogP contribution in [0, 0.1) is 0 Å². The van der Waals surface area contributed by atoms with E-state index in [1.807, 2.05) is 58.0 Å². The molecule has 0 saturated heterocycles. The van der Waals surface area contributed by atoms with E-state index in [1.165, 1.54) is 53.7 Å². The van der Waals surface area contributed by atoms with Gasteiger partial charge in [-0.1, -0.05) is 159 Å². The van der Waals surface area contributed by atoms with Crippen LogP contribution in [-0.2, 0) is 0 Å². The highest BCUT2D eigenvalue weighted by atomic mass is 31.0. The second-order valence-corrected chi connectivity index (χ2v) is 12.5. The second-order valence-electron chi connectivity index (χ2n) is 12.2. The Morgan fingerprint density at radius 1 is 0.480 bits per heavy atom. The monoisotopic (exact) mass is 673 g/mol. The molecule has 0 bridgehead atoms. The Bertz CT molecular complexity index is 2280. The first-order valence-electron chi connectivity index (χ1n) is 17.3. The fourth-order valence-electron chi connectivity index (χ4n) is 6.65. The number of hydrogen-bond donors (Lipinski definition) is 1. The summed E-state index contributed by atoms with van der Waals surface area (Å²) in [4.78, 5) is 0. The number of nitrogens with zero attached hydrogens (tertiary/aromatic N) is 1. The molecule has 0 aromatic heterocycles. The van der Waals surface area contributed by atoms with Crippen molar-refractivity contribution in [1.29, 1.82) is 0 Å². The Morgan fingerprint density at radius 2 is 0.900 bits per heavy atom. The van der Waals surface area contributed by atoms with Crippen LogP contribution in [0.15, 0.2) is 164 Å². The maximum Gasteiger partial charge on any atom is 0.130 e. The fourth-order valence-corrected chi connectivity index (χ4v) is 6.84. The van der Waals surface area contributed by atoms with Gasteiger partial charge in [-0.05, 0) is 91.8 Å². The van der Waals surface area contributed by atoms with Crippen LogP contribution in [0.25, 0.3) is 54.2 Å². The van der Waals surface area contributed by atoms with Crippen molar-refractivity contribution in [2.24, 2.45) is 0 Å². The summed E-state index contributed by atoms with van der Waals surface area (Å²) in [6.45, 7) is 8.09. The summed E-state index contributed by atoms with van der Waals surface area (Å²) in [6.07, 6.45) is 0. The van der Waals surface area contributed by atoms with Crippen molar-refractivity contribution in [3.63, 3.8) is 0 Å². The third-order valence-corrected chi connectivity index (χ3v) is 9.64. The van der Waals surface area contributed by atoms with Crippen LogP contribution in [0.4, 0.5) is 0 Å². The lowest BCUT2D eigenvalue weighted by molar-refractivity contribution is -0.155. The smallest absolute Gasteiger partial charge is 0.130 e. The average molecular weight is 674 g/mol. The van der Waals surface area contributed by atoms with E-state index in [-0.39, 0.29) is 12.1 Å². The molecule has 0 spiro atoms. The molecular formula is C46H44NO2P. The van der Waals surface area contributed by atoms with Gasteiger partial charge in [-0.25, -0.2) is 0 Å². The number of hydroxylamine groups is 2. The summed E-state index contributed by atoms with van der Waals surface area (Å²) < 4.78 is 5.57. The normalized spacial score (nSPS) is 12.2. The first-order valence-corrected chi connectivity index (χ1v) is 17.8. The molecule has 0 heterocycles. The summed E-state index contributed by atoms with van der Waals surface area (Å²) in [6, 6.07) is 56.6. The molecule has 250 valence electrons. The van der Waals surface area contributed by atoms with Crippen LogP contribution < -0.4 is 4.52 Å². The number of rotatable bonds is 6. The van der Waals surface area contributed by atoms with E-state index in [0.717, 1.165) is 22.4 Å². The van der Waals surface area contributed by atoms with Crippen LogP contribution >= 0.6 is 9.47 Å². The molecule has 0 saturated carbocycles. The highest BCUT2D eigenvalue weighted by Gasteiger charge is 2.21. The Labute approximate surface area is 298 Å². The van der Waals surface area contributed by atoms with Gasteiger partial charge in [0.1, 0.15) is 5.75 Å². The molecule has 50 heavy (non-hydrogen) atoms. The van der Waals surface area contributed by atoms with E-state index in [1.54, 1.807) is 0 Å². The largest absolute Gasteiger partial charge is 0.480 e. The van der Waals surface area contributed by atoms with Gasteiger partial charge in [-0.3, -0.25) is 0 Å². The first kappa shape index (κ1) is 34.8.